The van der Waals surface area contributed by atoms with E-state index in [2.05, 4.69) is 31.3 Å². The molecule has 156 valence electrons. The minimum atomic E-state index is -0.377. The van der Waals surface area contributed by atoms with Gasteiger partial charge in [-0.2, -0.15) is 0 Å². The van der Waals surface area contributed by atoms with Crippen LogP contribution in [0.15, 0.2) is 65.1 Å². The molecule has 4 rings (SSSR count). The van der Waals surface area contributed by atoms with Crippen molar-refractivity contribution >= 4 is 39.1 Å². The molecule has 1 aromatic heterocycles. The van der Waals surface area contributed by atoms with Crippen LogP contribution < -0.4 is 5.32 Å². The van der Waals surface area contributed by atoms with Crippen LogP contribution in [0.25, 0.3) is 17.1 Å². The lowest BCUT2D eigenvalue weighted by molar-refractivity contribution is 0.101. The predicted molar refractivity (Wildman–Crippen MR) is 128 cm³/mol. The third kappa shape index (κ3) is 4.55. The Bertz CT molecular complexity index is 1300. The first-order valence-corrected chi connectivity index (χ1v) is 10.9. The first-order valence-electron chi connectivity index (χ1n) is 9.70. The molecule has 0 unspecified atom stereocenters. The van der Waals surface area contributed by atoms with Crippen molar-refractivity contribution in [2.45, 2.75) is 20.8 Å². The molecule has 1 heterocycles. The van der Waals surface area contributed by atoms with Crippen LogP contribution in [0, 0.1) is 20.8 Å². The number of carbonyl (C=O) groups is 1. The molecule has 0 aliphatic heterocycles. The van der Waals surface area contributed by atoms with E-state index >= 15 is 0 Å². The van der Waals surface area contributed by atoms with E-state index in [0.717, 1.165) is 32.4 Å². The molecule has 3 aromatic carbocycles. The van der Waals surface area contributed by atoms with Gasteiger partial charge in [0.1, 0.15) is 0 Å². The third-order valence-electron chi connectivity index (χ3n) is 4.92. The van der Waals surface area contributed by atoms with Crippen LogP contribution in [0.3, 0.4) is 0 Å². The number of carbonyl (C=O) groups excluding carboxylic acids is 1. The molecule has 4 aromatic rings. The lowest BCUT2D eigenvalue weighted by atomic mass is 10.1. The monoisotopic (exact) mass is 494 g/mol. The second-order valence-corrected chi connectivity index (χ2v) is 8.74. The standard InChI is InChI=1S/C24H20BrClN4O/c1-14-7-8-15(2)21(11-14)30-23(17-5-4-6-19(26)13-17)28-22(29-30)24(31)27-20-10-9-18(25)12-16(20)3/h4-13H,1-3H3,(H,27,31). The fourth-order valence-corrected chi connectivity index (χ4v) is 3.95. The van der Waals surface area contributed by atoms with Crippen molar-refractivity contribution in [2.24, 2.45) is 0 Å². The summed E-state index contributed by atoms with van der Waals surface area (Å²) in [4.78, 5) is 17.6. The van der Waals surface area contributed by atoms with E-state index in [1.807, 2.05) is 75.4 Å². The van der Waals surface area contributed by atoms with Crippen LogP contribution in [0.5, 0.6) is 0 Å². The second-order valence-electron chi connectivity index (χ2n) is 7.38. The van der Waals surface area contributed by atoms with Gasteiger partial charge in [-0.1, -0.05) is 51.8 Å². The Morgan fingerprint density at radius 2 is 1.81 bits per heavy atom. The van der Waals surface area contributed by atoms with Crippen molar-refractivity contribution in [1.29, 1.82) is 0 Å². The number of anilines is 1. The van der Waals surface area contributed by atoms with Gasteiger partial charge >= 0.3 is 0 Å². The molecule has 0 bridgehead atoms. The summed E-state index contributed by atoms with van der Waals surface area (Å²) in [6.07, 6.45) is 0. The Labute approximate surface area is 194 Å². The number of benzene rings is 3. The van der Waals surface area contributed by atoms with E-state index in [9.17, 15) is 4.79 Å². The van der Waals surface area contributed by atoms with E-state index in [-0.39, 0.29) is 11.7 Å². The van der Waals surface area contributed by atoms with E-state index in [4.69, 9.17) is 11.6 Å². The summed E-state index contributed by atoms with van der Waals surface area (Å²) in [5, 5.41) is 8.07. The maximum absolute atomic E-state index is 13.0. The van der Waals surface area contributed by atoms with Gasteiger partial charge in [-0.3, -0.25) is 4.79 Å². The average molecular weight is 496 g/mol. The van der Waals surface area contributed by atoms with E-state index < -0.39 is 0 Å². The van der Waals surface area contributed by atoms with Gasteiger partial charge in [0.25, 0.3) is 5.91 Å². The summed E-state index contributed by atoms with van der Waals surface area (Å²) in [5.74, 6) is 0.254. The van der Waals surface area contributed by atoms with Gasteiger partial charge in [0.15, 0.2) is 5.82 Å². The second kappa shape index (κ2) is 8.65. The first-order chi connectivity index (χ1) is 14.8. The minimum absolute atomic E-state index is 0.0817. The Hall–Kier alpha value is -2.96. The Morgan fingerprint density at radius 1 is 1.00 bits per heavy atom. The molecule has 5 nitrogen and oxygen atoms in total. The highest BCUT2D eigenvalue weighted by molar-refractivity contribution is 9.10. The van der Waals surface area contributed by atoms with E-state index in [1.54, 1.807) is 10.7 Å². The molecular weight excluding hydrogens is 476 g/mol. The summed E-state index contributed by atoms with van der Waals surface area (Å²) in [7, 11) is 0. The zero-order chi connectivity index (χ0) is 22.1. The van der Waals surface area contributed by atoms with Crippen molar-refractivity contribution in [1.82, 2.24) is 14.8 Å². The summed E-state index contributed by atoms with van der Waals surface area (Å²) in [5.41, 5.74) is 5.40. The zero-order valence-corrected chi connectivity index (χ0v) is 19.6. The highest BCUT2D eigenvalue weighted by Gasteiger charge is 2.20. The van der Waals surface area contributed by atoms with E-state index in [0.29, 0.717) is 16.5 Å². The van der Waals surface area contributed by atoms with Gasteiger partial charge in [0.2, 0.25) is 5.82 Å². The number of aryl methyl sites for hydroxylation is 3. The normalized spacial score (nSPS) is 10.9. The number of nitrogens with one attached hydrogen (secondary N) is 1. The molecule has 0 fully saturated rings. The fraction of sp³-hybridized carbons (Fsp3) is 0.125. The maximum Gasteiger partial charge on any atom is 0.295 e. The van der Waals surface area contributed by atoms with Crippen molar-refractivity contribution in [3.8, 4) is 17.1 Å². The number of nitrogens with zero attached hydrogens (tertiary/aromatic N) is 3. The predicted octanol–water partition coefficient (Wildman–Crippen LogP) is 6.53. The molecule has 1 amide bonds. The fourth-order valence-electron chi connectivity index (χ4n) is 3.28. The van der Waals surface area contributed by atoms with Crippen LogP contribution >= 0.6 is 27.5 Å². The smallest absolute Gasteiger partial charge is 0.295 e. The molecule has 0 spiro atoms. The van der Waals surface area contributed by atoms with Gasteiger partial charge in [-0.15, -0.1) is 5.10 Å². The molecule has 1 N–H and O–H groups in total. The number of hydrogen-bond donors (Lipinski definition) is 1. The zero-order valence-electron chi connectivity index (χ0n) is 17.3. The molecule has 0 saturated heterocycles. The van der Waals surface area contributed by atoms with Crippen molar-refractivity contribution in [3.63, 3.8) is 0 Å². The van der Waals surface area contributed by atoms with Crippen LogP contribution in [-0.4, -0.2) is 20.7 Å². The molecule has 0 saturated carbocycles. The molecule has 31 heavy (non-hydrogen) atoms. The molecule has 0 aliphatic rings. The Morgan fingerprint density at radius 3 is 2.55 bits per heavy atom. The van der Waals surface area contributed by atoms with E-state index in [1.165, 1.54) is 0 Å². The van der Waals surface area contributed by atoms with Crippen molar-refractivity contribution in [3.05, 3.63) is 92.7 Å². The Kier molecular flexibility index (Phi) is 5.94. The lowest BCUT2D eigenvalue weighted by Crippen LogP contribution is -2.15. The lowest BCUT2D eigenvalue weighted by Gasteiger charge is -2.10. The van der Waals surface area contributed by atoms with Crippen molar-refractivity contribution < 1.29 is 4.79 Å². The van der Waals surface area contributed by atoms with Crippen molar-refractivity contribution in [2.75, 3.05) is 5.32 Å². The summed E-state index contributed by atoms with van der Waals surface area (Å²) < 4.78 is 2.65. The SMILES string of the molecule is Cc1ccc(C)c(-n2nc(C(=O)Nc3ccc(Br)cc3C)nc2-c2cccc(Cl)c2)c1. The quantitative estimate of drug-likeness (QED) is 0.350. The first kappa shape index (κ1) is 21.3. The number of rotatable bonds is 4. The largest absolute Gasteiger partial charge is 0.319 e. The maximum atomic E-state index is 13.0. The molecule has 0 radical (unpaired) electrons. The van der Waals surface area contributed by atoms with Gasteiger partial charge in [0.05, 0.1) is 5.69 Å². The number of halogens is 2. The summed E-state index contributed by atoms with van der Waals surface area (Å²) in [6.45, 7) is 5.95. The van der Waals surface area contributed by atoms with Gasteiger partial charge in [-0.05, 0) is 73.9 Å². The highest BCUT2D eigenvalue weighted by Crippen LogP contribution is 2.27. The van der Waals surface area contributed by atoms with Crippen LogP contribution in [0.2, 0.25) is 5.02 Å². The molecule has 7 heteroatoms. The minimum Gasteiger partial charge on any atom is -0.319 e. The topological polar surface area (TPSA) is 59.8 Å². The van der Waals surface area contributed by atoms with Gasteiger partial charge in [-0.25, -0.2) is 9.67 Å². The molecule has 0 aliphatic carbocycles. The Balaban J connectivity index is 1.81. The number of aromatic nitrogens is 3. The van der Waals surface area contributed by atoms with Crippen LogP contribution in [0.1, 0.15) is 27.3 Å². The molecule has 0 atom stereocenters. The summed E-state index contributed by atoms with van der Waals surface area (Å²) in [6, 6.07) is 19.1. The van der Waals surface area contributed by atoms with Crippen LogP contribution in [-0.2, 0) is 0 Å². The highest BCUT2D eigenvalue weighted by atomic mass is 79.9. The summed E-state index contributed by atoms with van der Waals surface area (Å²) >= 11 is 9.65. The average Bonchev–Trinajstić information content (AvgIpc) is 3.17. The number of hydrogen-bond acceptors (Lipinski definition) is 3. The molecular formula is C24H20BrClN4O. The van der Waals surface area contributed by atoms with Gasteiger partial charge in [0, 0.05) is 20.7 Å². The van der Waals surface area contributed by atoms with Gasteiger partial charge < -0.3 is 5.32 Å². The third-order valence-corrected chi connectivity index (χ3v) is 5.65. The number of amides is 1. The van der Waals surface area contributed by atoms with Crippen LogP contribution in [0.4, 0.5) is 5.69 Å².